The summed E-state index contributed by atoms with van der Waals surface area (Å²) in [6.45, 7) is 6.14. The van der Waals surface area contributed by atoms with Gasteiger partial charge in [-0.2, -0.15) is 0 Å². The average molecular weight is 306 g/mol. The number of aryl methyl sites for hydroxylation is 2. The van der Waals surface area contributed by atoms with Crippen molar-refractivity contribution in [3.8, 4) is 5.75 Å². The summed E-state index contributed by atoms with van der Waals surface area (Å²) in [4.78, 5) is 11.5. The lowest BCUT2D eigenvalue weighted by Crippen LogP contribution is -2.16. The van der Waals surface area contributed by atoms with Crippen molar-refractivity contribution in [1.29, 1.82) is 0 Å². The number of unbranched alkanes of at least 4 members (excludes halogenated alkanes) is 3. The Labute approximate surface area is 134 Å². The SMILES string of the molecule is CCCCCC(Cc1cc(C)c(O)c(CCCC)c1)C(=O)O. The molecule has 0 amide bonds. The van der Waals surface area contributed by atoms with Gasteiger partial charge in [0, 0.05) is 0 Å². The Balaban J connectivity index is 2.85. The molecule has 2 N–H and O–H groups in total. The summed E-state index contributed by atoms with van der Waals surface area (Å²) >= 11 is 0. The minimum atomic E-state index is -0.711. The third-order valence-corrected chi connectivity index (χ3v) is 4.23. The van der Waals surface area contributed by atoms with Crippen molar-refractivity contribution in [2.45, 2.75) is 72.1 Å². The Bertz CT molecular complexity index is 480. The number of hydrogen-bond acceptors (Lipinski definition) is 2. The van der Waals surface area contributed by atoms with Gasteiger partial charge >= 0.3 is 5.97 Å². The van der Waals surface area contributed by atoms with Gasteiger partial charge < -0.3 is 10.2 Å². The first-order chi connectivity index (χ1) is 10.5. The van der Waals surface area contributed by atoms with Gasteiger partial charge in [0.25, 0.3) is 0 Å². The molecule has 0 aliphatic carbocycles. The van der Waals surface area contributed by atoms with Crippen LogP contribution < -0.4 is 0 Å². The summed E-state index contributed by atoms with van der Waals surface area (Å²) in [7, 11) is 0. The van der Waals surface area contributed by atoms with E-state index in [0.717, 1.165) is 61.6 Å². The lowest BCUT2D eigenvalue weighted by Gasteiger charge is -2.15. The maximum Gasteiger partial charge on any atom is 0.306 e. The lowest BCUT2D eigenvalue weighted by molar-refractivity contribution is -0.142. The molecule has 0 aromatic heterocycles. The maximum absolute atomic E-state index is 11.5. The molecule has 0 saturated carbocycles. The van der Waals surface area contributed by atoms with E-state index in [1.54, 1.807) is 0 Å². The molecule has 0 saturated heterocycles. The molecule has 1 aromatic rings. The molecule has 0 bridgehead atoms. The Kier molecular flexibility index (Phi) is 8.00. The van der Waals surface area contributed by atoms with Crippen molar-refractivity contribution in [3.05, 3.63) is 28.8 Å². The Morgan fingerprint density at radius 1 is 1.14 bits per heavy atom. The molecule has 1 atom stereocenters. The van der Waals surface area contributed by atoms with Crippen LogP contribution in [0.4, 0.5) is 0 Å². The molecule has 1 unspecified atom stereocenters. The van der Waals surface area contributed by atoms with Crippen LogP contribution in [-0.2, 0) is 17.6 Å². The number of benzene rings is 1. The topological polar surface area (TPSA) is 57.5 Å². The molecule has 3 heteroatoms. The lowest BCUT2D eigenvalue weighted by atomic mass is 9.91. The zero-order valence-electron chi connectivity index (χ0n) is 14.2. The summed E-state index contributed by atoms with van der Waals surface area (Å²) in [5.74, 6) is -0.665. The third kappa shape index (κ3) is 5.70. The number of carboxylic acids is 1. The van der Waals surface area contributed by atoms with Gasteiger partial charge in [0.2, 0.25) is 0 Å². The predicted molar refractivity (Wildman–Crippen MR) is 90.4 cm³/mol. The van der Waals surface area contributed by atoms with E-state index in [4.69, 9.17) is 0 Å². The van der Waals surface area contributed by atoms with E-state index in [0.29, 0.717) is 12.2 Å². The second kappa shape index (κ2) is 9.50. The van der Waals surface area contributed by atoms with Crippen LogP contribution in [0.1, 0.15) is 69.1 Å². The standard InChI is InChI=1S/C19H30O3/c1-4-6-8-10-17(19(21)22)13-15-11-14(3)18(20)16(12-15)9-7-5-2/h11-12,17,20H,4-10,13H2,1-3H3,(H,21,22). The molecule has 1 aromatic carbocycles. The van der Waals surface area contributed by atoms with Crippen molar-refractivity contribution in [2.75, 3.05) is 0 Å². The molecule has 0 fully saturated rings. The first-order valence-corrected chi connectivity index (χ1v) is 8.53. The van der Waals surface area contributed by atoms with E-state index in [9.17, 15) is 15.0 Å². The first-order valence-electron chi connectivity index (χ1n) is 8.53. The van der Waals surface area contributed by atoms with Gasteiger partial charge in [-0.05, 0) is 49.3 Å². The van der Waals surface area contributed by atoms with Gasteiger partial charge in [0.05, 0.1) is 5.92 Å². The molecule has 22 heavy (non-hydrogen) atoms. The van der Waals surface area contributed by atoms with Crippen molar-refractivity contribution in [1.82, 2.24) is 0 Å². The molecular weight excluding hydrogens is 276 g/mol. The Morgan fingerprint density at radius 3 is 2.41 bits per heavy atom. The summed E-state index contributed by atoms with van der Waals surface area (Å²) < 4.78 is 0. The van der Waals surface area contributed by atoms with E-state index < -0.39 is 5.97 Å². The maximum atomic E-state index is 11.5. The highest BCUT2D eigenvalue weighted by atomic mass is 16.4. The van der Waals surface area contributed by atoms with Crippen LogP contribution in [0.2, 0.25) is 0 Å². The largest absolute Gasteiger partial charge is 0.507 e. The Morgan fingerprint density at radius 2 is 1.82 bits per heavy atom. The van der Waals surface area contributed by atoms with Gasteiger partial charge in [0.1, 0.15) is 5.75 Å². The fraction of sp³-hybridized carbons (Fsp3) is 0.632. The van der Waals surface area contributed by atoms with Gasteiger partial charge in [-0.3, -0.25) is 4.79 Å². The average Bonchev–Trinajstić information content (AvgIpc) is 2.48. The molecule has 3 nitrogen and oxygen atoms in total. The second-order valence-electron chi connectivity index (χ2n) is 6.26. The molecule has 0 heterocycles. The summed E-state index contributed by atoms with van der Waals surface area (Å²) in [6, 6.07) is 3.92. The zero-order valence-corrected chi connectivity index (χ0v) is 14.2. The minimum Gasteiger partial charge on any atom is -0.507 e. The number of carboxylic acid groups (broad SMARTS) is 1. The smallest absolute Gasteiger partial charge is 0.306 e. The molecule has 0 aliphatic heterocycles. The molecule has 124 valence electrons. The highest BCUT2D eigenvalue weighted by Gasteiger charge is 2.18. The van der Waals surface area contributed by atoms with E-state index >= 15 is 0 Å². The summed E-state index contributed by atoms with van der Waals surface area (Å²) in [5.41, 5.74) is 2.83. The summed E-state index contributed by atoms with van der Waals surface area (Å²) in [6.07, 6.45) is 7.41. The van der Waals surface area contributed by atoms with Crippen molar-refractivity contribution in [2.24, 2.45) is 5.92 Å². The normalized spacial score (nSPS) is 12.3. The van der Waals surface area contributed by atoms with E-state index in [-0.39, 0.29) is 5.92 Å². The fourth-order valence-electron chi connectivity index (χ4n) is 2.85. The van der Waals surface area contributed by atoms with E-state index in [1.165, 1.54) is 0 Å². The Hall–Kier alpha value is -1.51. The van der Waals surface area contributed by atoms with E-state index in [2.05, 4.69) is 13.8 Å². The van der Waals surface area contributed by atoms with Crippen LogP contribution in [0, 0.1) is 12.8 Å². The van der Waals surface area contributed by atoms with Gasteiger partial charge in [-0.1, -0.05) is 51.7 Å². The highest BCUT2D eigenvalue weighted by Crippen LogP contribution is 2.27. The number of phenols is 1. The monoisotopic (exact) mass is 306 g/mol. The van der Waals surface area contributed by atoms with Crippen LogP contribution in [0.25, 0.3) is 0 Å². The van der Waals surface area contributed by atoms with Crippen molar-refractivity contribution < 1.29 is 15.0 Å². The van der Waals surface area contributed by atoms with Crippen LogP contribution in [0.5, 0.6) is 5.75 Å². The number of aliphatic carboxylic acids is 1. The molecule has 0 radical (unpaired) electrons. The fourth-order valence-corrected chi connectivity index (χ4v) is 2.85. The van der Waals surface area contributed by atoms with E-state index in [1.807, 2.05) is 19.1 Å². The predicted octanol–water partition coefficient (Wildman–Crippen LogP) is 4.87. The van der Waals surface area contributed by atoms with Crippen LogP contribution in [-0.4, -0.2) is 16.2 Å². The highest BCUT2D eigenvalue weighted by molar-refractivity contribution is 5.70. The van der Waals surface area contributed by atoms with Crippen LogP contribution >= 0.6 is 0 Å². The molecular formula is C19H30O3. The minimum absolute atomic E-state index is 0.325. The molecule has 0 spiro atoms. The second-order valence-corrected chi connectivity index (χ2v) is 6.26. The van der Waals surface area contributed by atoms with Gasteiger partial charge in [-0.15, -0.1) is 0 Å². The third-order valence-electron chi connectivity index (χ3n) is 4.23. The quantitative estimate of drug-likeness (QED) is 0.606. The van der Waals surface area contributed by atoms with Crippen LogP contribution in [0.3, 0.4) is 0 Å². The van der Waals surface area contributed by atoms with Crippen molar-refractivity contribution >= 4 is 5.97 Å². The van der Waals surface area contributed by atoms with Crippen molar-refractivity contribution in [3.63, 3.8) is 0 Å². The number of aromatic hydroxyl groups is 1. The molecule has 0 aliphatic rings. The number of hydrogen-bond donors (Lipinski definition) is 2. The number of phenolic OH excluding ortho intramolecular Hbond substituents is 1. The van der Waals surface area contributed by atoms with Gasteiger partial charge in [-0.25, -0.2) is 0 Å². The zero-order chi connectivity index (χ0) is 16.5. The molecule has 1 rings (SSSR count). The number of rotatable bonds is 10. The first kappa shape index (κ1) is 18.5. The van der Waals surface area contributed by atoms with Crippen LogP contribution in [0.15, 0.2) is 12.1 Å². The number of carbonyl (C=O) groups is 1. The van der Waals surface area contributed by atoms with Gasteiger partial charge in [0.15, 0.2) is 0 Å². The summed E-state index contributed by atoms with van der Waals surface area (Å²) in [5, 5.41) is 19.6.